The summed E-state index contributed by atoms with van der Waals surface area (Å²) in [5.41, 5.74) is 0.694. The van der Waals surface area contributed by atoms with E-state index >= 15 is 0 Å². The first-order chi connectivity index (χ1) is 12.7. The molecular weight excluding hydrogens is 332 g/mol. The summed E-state index contributed by atoms with van der Waals surface area (Å²) in [6, 6.07) is 13.1. The van der Waals surface area contributed by atoms with Crippen molar-refractivity contribution in [2.24, 2.45) is 0 Å². The van der Waals surface area contributed by atoms with Gasteiger partial charge in [-0.05, 0) is 37.1 Å². The minimum Gasteiger partial charge on any atom is -0.467 e. The Bertz CT molecular complexity index is 652. The van der Waals surface area contributed by atoms with E-state index in [9.17, 15) is 9.90 Å². The first kappa shape index (κ1) is 18.6. The van der Waals surface area contributed by atoms with Gasteiger partial charge < -0.3 is 24.5 Å². The molecule has 3 rings (SSSR count). The zero-order valence-electron chi connectivity index (χ0n) is 14.8. The van der Waals surface area contributed by atoms with Crippen LogP contribution in [0.3, 0.4) is 0 Å². The predicted molar refractivity (Wildman–Crippen MR) is 97.7 cm³/mol. The highest BCUT2D eigenvalue weighted by molar-refractivity contribution is 5.94. The molecule has 0 spiro atoms. The van der Waals surface area contributed by atoms with E-state index in [1.165, 1.54) is 0 Å². The van der Waals surface area contributed by atoms with E-state index < -0.39 is 6.10 Å². The molecule has 1 aliphatic rings. The van der Waals surface area contributed by atoms with Crippen LogP contribution in [0.4, 0.5) is 0 Å². The lowest BCUT2D eigenvalue weighted by Crippen LogP contribution is -2.47. The van der Waals surface area contributed by atoms with Crippen LogP contribution in [0.25, 0.3) is 0 Å². The summed E-state index contributed by atoms with van der Waals surface area (Å²) in [6.07, 6.45) is 2.85. The molecule has 1 aliphatic heterocycles. The third-order valence-corrected chi connectivity index (χ3v) is 4.56. The Morgan fingerprint density at radius 1 is 1.23 bits per heavy atom. The van der Waals surface area contributed by atoms with Crippen molar-refractivity contribution in [3.63, 3.8) is 0 Å². The predicted octanol–water partition coefficient (Wildman–Crippen LogP) is 2.05. The van der Waals surface area contributed by atoms with Crippen LogP contribution in [-0.2, 0) is 11.3 Å². The minimum absolute atomic E-state index is 0.0181. The molecule has 0 saturated carbocycles. The maximum absolute atomic E-state index is 12.2. The van der Waals surface area contributed by atoms with Crippen molar-refractivity contribution in [1.82, 2.24) is 10.2 Å². The number of benzene rings is 1. The smallest absolute Gasteiger partial charge is 0.251 e. The highest BCUT2D eigenvalue weighted by Crippen LogP contribution is 2.12. The molecule has 6 heteroatoms. The van der Waals surface area contributed by atoms with E-state index in [1.807, 2.05) is 42.5 Å². The van der Waals surface area contributed by atoms with Crippen LogP contribution in [0.15, 0.2) is 53.1 Å². The van der Waals surface area contributed by atoms with Gasteiger partial charge in [0.2, 0.25) is 0 Å². The van der Waals surface area contributed by atoms with E-state index in [-0.39, 0.29) is 18.6 Å². The number of β-amino-alcohol motifs (C(OH)–C–C–N with tert-alkyl or cyclic N) is 1. The van der Waals surface area contributed by atoms with Crippen LogP contribution in [0.1, 0.15) is 29.0 Å². The molecule has 1 saturated heterocycles. The van der Waals surface area contributed by atoms with Crippen molar-refractivity contribution in [2.75, 3.05) is 26.2 Å². The second-order valence-electron chi connectivity index (χ2n) is 6.66. The fourth-order valence-electron chi connectivity index (χ4n) is 3.16. The van der Waals surface area contributed by atoms with Gasteiger partial charge in [-0.1, -0.05) is 18.2 Å². The third kappa shape index (κ3) is 5.69. The van der Waals surface area contributed by atoms with Crippen LogP contribution in [-0.4, -0.2) is 54.3 Å². The summed E-state index contributed by atoms with van der Waals surface area (Å²) in [4.78, 5) is 14.4. The molecule has 1 aromatic heterocycles. The van der Waals surface area contributed by atoms with Crippen LogP contribution in [0, 0.1) is 0 Å². The van der Waals surface area contributed by atoms with E-state index in [2.05, 4.69) is 10.2 Å². The fourth-order valence-corrected chi connectivity index (χ4v) is 3.16. The molecular formula is C20H26N2O4. The number of aliphatic hydroxyl groups excluding tert-OH is 1. The molecule has 0 unspecified atom stereocenters. The molecule has 1 fully saturated rings. The fraction of sp³-hybridized carbons (Fsp3) is 0.450. The maximum Gasteiger partial charge on any atom is 0.251 e. The molecule has 0 aliphatic carbocycles. The topological polar surface area (TPSA) is 74.9 Å². The van der Waals surface area contributed by atoms with Crippen molar-refractivity contribution in [1.29, 1.82) is 0 Å². The number of aliphatic hydroxyl groups is 1. The zero-order chi connectivity index (χ0) is 18.2. The average molecular weight is 358 g/mol. The van der Waals surface area contributed by atoms with Gasteiger partial charge in [0.25, 0.3) is 5.91 Å². The summed E-state index contributed by atoms with van der Waals surface area (Å²) in [7, 11) is 0. The summed E-state index contributed by atoms with van der Waals surface area (Å²) >= 11 is 0. The number of furan rings is 1. The van der Waals surface area contributed by atoms with E-state index in [0.717, 1.165) is 31.7 Å². The molecule has 6 nitrogen and oxygen atoms in total. The zero-order valence-corrected chi connectivity index (χ0v) is 14.8. The molecule has 1 atom stereocenters. The van der Waals surface area contributed by atoms with Crippen molar-refractivity contribution < 1.29 is 19.1 Å². The molecule has 2 heterocycles. The second-order valence-corrected chi connectivity index (χ2v) is 6.66. The Kier molecular flexibility index (Phi) is 6.82. The van der Waals surface area contributed by atoms with Crippen molar-refractivity contribution >= 4 is 5.91 Å². The number of hydrogen-bond acceptors (Lipinski definition) is 5. The molecule has 26 heavy (non-hydrogen) atoms. The minimum atomic E-state index is -0.527. The van der Waals surface area contributed by atoms with Gasteiger partial charge in [-0.2, -0.15) is 0 Å². The van der Waals surface area contributed by atoms with Gasteiger partial charge in [0.1, 0.15) is 12.4 Å². The first-order valence-corrected chi connectivity index (χ1v) is 9.07. The monoisotopic (exact) mass is 358 g/mol. The average Bonchev–Trinajstić information content (AvgIpc) is 3.17. The number of piperidine rings is 1. The van der Waals surface area contributed by atoms with Gasteiger partial charge in [-0.3, -0.25) is 4.79 Å². The number of rotatable bonds is 8. The summed E-state index contributed by atoms with van der Waals surface area (Å²) in [5, 5.41) is 13.2. The first-order valence-electron chi connectivity index (χ1n) is 9.07. The third-order valence-electron chi connectivity index (χ3n) is 4.56. The lowest BCUT2D eigenvalue weighted by molar-refractivity contribution is 0.00129. The maximum atomic E-state index is 12.2. The Labute approximate surface area is 153 Å². The van der Waals surface area contributed by atoms with Crippen LogP contribution in [0.2, 0.25) is 0 Å². The largest absolute Gasteiger partial charge is 0.467 e. The summed E-state index contributed by atoms with van der Waals surface area (Å²) in [6.45, 7) is 2.95. The van der Waals surface area contributed by atoms with Gasteiger partial charge in [-0.15, -0.1) is 0 Å². The molecule has 0 bridgehead atoms. The number of likely N-dealkylation sites (tertiary alicyclic amines) is 1. The lowest BCUT2D eigenvalue weighted by Gasteiger charge is -2.33. The normalized spacial score (nSPS) is 17.1. The highest BCUT2D eigenvalue weighted by Gasteiger charge is 2.22. The lowest BCUT2D eigenvalue weighted by atomic mass is 10.0. The van der Waals surface area contributed by atoms with Crippen molar-refractivity contribution in [3.05, 3.63) is 60.1 Å². The molecule has 2 aromatic rings. The Morgan fingerprint density at radius 2 is 2.00 bits per heavy atom. The number of amides is 1. The molecule has 0 radical (unpaired) electrons. The van der Waals surface area contributed by atoms with Crippen molar-refractivity contribution in [3.8, 4) is 0 Å². The number of carbonyl (C=O) groups excluding carboxylic acids is 1. The van der Waals surface area contributed by atoms with Crippen LogP contribution in [0.5, 0.6) is 0 Å². The second kappa shape index (κ2) is 9.52. The Hall–Kier alpha value is -2.15. The molecule has 2 N–H and O–H groups in total. The van der Waals surface area contributed by atoms with Crippen molar-refractivity contribution in [2.45, 2.75) is 31.6 Å². The van der Waals surface area contributed by atoms with Crippen LogP contribution >= 0.6 is 0 Å². The molecule has 1 amide bonds. The van der Waals surface area contributed by atoms with E-state index in [0.29, 0.717) is 18.7 Å². The summed E-state index contributed by atoms with van der Waals surface area (Å²) in [5.74, 6) is 0.739. The Balaban J connectivity index is 1.32. The number of hydrogen-bond donors (Lipinski definition) is 2. The molecule has 140 valence electrons. The molecule has 1 aromatic carbocycles. The SMILES string of the molecule is O=C(NC1CCN(C[C@H](O)COCc2ccco2)CC1)c1ccccc1. The highest BCUT2D eigenvalue weighted by atomic mass is 16.5. The quantitative estimate of drug-likeness (QED) is 0.755. The van der Waals surface area contributed by atoms with Gasteiger partial charge in [0, 0.05) is 31.2 Å². The number of ether oxygens (including phenoxy) is 1. The van der Waals surface area contributed by atoms with Gasteiger partial charge in [0.05, 0.1) is 19.0 Å². The van der Waals surface area contributed by atoms with Gasteiger partial charge >= 0.3 is 0 Å². The van der Waals surface area contributed by atoms with E-state index in [1.54, 1.807) is 6.26 Å². The van der Waals surface area contributed by atoms with E-state index in [4.69, 9.17) is 9.15 Å². The van der Waals surface area contributed by atoms with Gasteiger partial charge in [-0.25, -0.2) is 0 Å². The standard InChI is InChI=1S/C20H26N2O4/c23-18(14-25-15-19-7-4-12-26-19)13-22-10-8-17(9-11-22)21-20(24)16-5-2-1-3-6-16/h1-7,12,17-18,23H,8-11,13-15H2,(H,21,24)/t18-/m0/s1. The number of nitrogens with zero attached hydrogens (tertiary/aromatic N) is 1. The van der Waals surface area contributed by atoms with Gasteiger partial charge in [0.15, 0.2) is 0 Å². The Morgan fingerprint density at radius 3 is 2.69 bits per heavy atom. The summed E-state index contributed by atoms with van der Waals surface area (Å²) < 4.78 is 10.7. The van der Waals surface area contributed by atoms with Crippen LogP contribution < -0.4 is 5.32 Å². The number of carbonyl (C=O) groups is 1. The number of nitrogens with one attached hydrogen (secondary N) is 1.